The van der Waals surface area contributed by atoms with Gasteiger partial charge in [-0.2, -0.15) is 8.42 Å². The Balaban J connectivity index is 3.41. The van der Waals surface area contributed by atoms with Crippen molar-refractivity contribution in [3.05, 3.63) is 0 Å². The van der Waals surface area contributed by atoms with Gasteiger partial charge in [0.2, 0.25) is 0 Å². The van der Waals surface area contributed by atoms with Gasteiger partial charge in [0.15, 0.2) is 8.87 Å². The van der Waals surface area contributed by atoms with E-state index in [-0.39, 0.29) is 5.75 Å². The molecule has 0 radical (unpaired) electrons. The Morgan fingerprint density at radius 1 is 1.07 bits per heavy atom. The monoisotopic (exact) mass is 262 g/mol. The van der Waals surface area contributed by atoms with Gasteiger partial charge in [-0.3, -0.25) is 4.55 Å². The molecule has 0 saturated carbocycles. The Labute approximate surface area is 88.3 Å². The fourth-order valence-electron chi connectivity index (χ4n) is 0.774. The second-order valence-corrected chi connectivity index (χ2v) is 9.02. The number of unbranched alkanes of at least 4 members (excludes halogenated alkanes) is 2. The number of hydrogen-bond donors (Lipinski definition) is 1. The van der Waals surface area contributed by atoms with E-state index >= 15 is 0 Å². The molecular formula is C6H14O5S3. The van der Waals surface area contributed by atoms with Gasteiger partial charge in [0.1, 0.15) is 0 Å². The first-order valence-corrected chi connectivity index (χ1v) is 9.00. The Hall–Kier alpha value is 0.210. The summed E-state index contributed by atoms with van der Waals surface area (Å²) in [6, 6.07) is 0. The van der Waals surface area contributed by atoms with Crippen LogP contribution in [0.1, 0.15) is 19.3 Å². The first-order chi connectivity index (χ1) is 6.21. The summed E-state index contributed by atoms with van der Waals surface area (Å²) in [5.74, 6) is 0.209. The van der Waals surface area contributed by atoms with E-state index in [9.17, 15) is 16.8 Å². The van der Waals surface area contributed by atoms with Gasteiger partial charge in [0.25, 0.3) is 10.1 Å². The summed E-state index contributed by atoms with van der Waals surface area (Å²) in [4.78, 5) is 0. The van der Waals surface area contributed by atoms with Crippen LogP contribution in [0.5, 0.6) is 0 Å². The van der Waals surface area contributed by atoms with Crippen LogP contribution in [0.4, 0.5) is 0 Å². The third-order valence-corrected chi connectivity index (χ3v) is 4.82. The Bertz CT molecular complexity index is 306. The summed E-state index contributed by atoms with van der Waals surface area (Å²) in [5, 5.41) is 0. The summed E-state index contributed by atoms with van der Waals surface area (Å²) in [5.41, 5.74) is 0. The van der Waals surface area contributed by atoms with Crippen LogP contribution in [-0.4, -0.2) is 39.1 Å². The van der Waals surface area contributed by atoms with Gasteiger partial charge < -0.3 is 0 Å². The lowest BCUT2D eigenvalue weighted by atomic mass is 10.3. The molecule has 0 heterocycles. The number of hydrogen-bond acceptors (Lipinski definition) is 5. The molecule has 0 rings (SSSR count). The van der Waals surface area contributed by atoms with Crippen molar-refractivity contribution in [2.45, 2.75) is 19.3 Å². The molecule has 0 spiro atoms. The molecule has 0 atom stereocenters. The van der Waals surface area contributed by atoms with Crippen molar-refractivity contribution < 1.29 is 21.4 Å². The summed E-state index contributed by atoms with van der Waals surface area (Å²) in [7, 11) is -6.00. The summed E-state index contributed by atoms with van der Waals surface area (Å²) in [6.45, 7) is 0. The van der Waals surface area contributed by atoms with E-state index < -0.39 is 19.0 Å². The normalized spacial score (nSPS) is 13.0. The van der Waals surface area contributed by atoms with Crippen molar-refractivity contribution in [3.63, 3.8) is 0 Å². The van der Waals surface area contributed by atoms with Crippen LogP contribution in [0.25, 0.3) is 0 Å². The van der Waals surface area contributed by atoms with Crippen LogP contribution in [0.15, 0.2) is 0 Å². The van der Waals surface area contributed by atoms with E-state index in [1.807, 2.05) is 0 Å². The average Bonchev–Trinajstić information content (AvgIpc) is 1.92. The maximum Gasteiger partial charge on any atom is 0.264 e. The average molecular weight is 262 g/mol. The highest BCUT2D eigenvalue weighted by Gasteiger charge is 2.04. The molecule has 0 bridgehead atoms. The molecule has 0 aliphatic heterocycles. The zero-order chi connectivity index (χ0) is 11.2. The maximum absolute atomic E-state index is 10.7. The van der Waals surface area contributed by atoms with E-state index in [0.29, 0.717) is 25.0 Å². The molecule has 0 aliphatic rings. The van der Waals surface area contributed by atoms with Crippen LogP contribution in [-0.2, 0) is 19.0 Å². The van der Waals surface area contributed by atoms with E-state index in [0.717, 1.165) is 17.0 Å². The van der Waals surface area contributed by atoms with Gasteiger partial charge in [-0.25, -0.2) is 8.42 Å². The molecule has 14 heavy (non-hydrogen) atoms. The smallest absolute Gasteiger partial charge is 0.264 e. The minimum atomic E-state index is -3.86. The molecule has 0 saturated heterocycles. The predicted molar refractivity (Wildman–Crippen MR) is 57.6 cm³/mol. The van der Waals surface area contributed by atoms with Crippen molar-refractivity contribution >= 4 is 29.8 Å². The molecule has 1 N–H and O–H groups in total. The molecule has 8 heteroatoms. The first-order valence-electron chi connectivity index (χ1n) is 4.00. The standard InChI is InChI=1S/C6H14O5S3/c1-13(7,8)12-5-3-2-4-6-14(9,10)11/h2-6H2,1H3,(H,9,10,11). The SMILES string of the molecule is CS(=O)(=O)SCCCCCS(=O)(=O)O. The van der Waals surface area contributed by atoms with Crippen molar-refractivity contribution in [3.8, 4) is 0 Å². The second-order valence-electron chi connectivity index (χ2n) is 2.87. The van der Waals surface area contributed by atoms with Crippen molar-refractivity contribution in [2.75, 3.05) is 17.8 Å². The van der Waals surface area contributed by atoms with E-state index in [1.54, 1.807) is 0 Å². The van der Waals surface area contributed by atoms with E-state index in [4.69, 9.17) is 4.55 Å². The predicted octanol–water partition coefficient (Wildman–Crippen LogP) is 0.737. The lowest BCUT2D eigenvalue weighted by Crippen LogP contribution is -2.03. The quantitative estimate of drug-likeness (QED) is 0.413. The summed E-state index contributed by atoms with van der Waals surface area (Å²) in [6.07, 6.45) is 2.73. The summed E-state index contributed by atoms with van der Waals surface area (Å²) >= 11 is 0. The molecule has 0 aromatic carbocycles. The maximum atomic E-state index is 10.7. The minimum absolute atomic E-state index is 0.253. The van der Waals surface area contributed by atoms with Gasteiger partial charge in [-0.05, 0) is 23.6 Å². The highest BCUT2D eigenvalue weighted by atomic mass is 33.1. The van der Waals surface area contributed by atoms with E-state index in [1.165, 1.54) is 0 Å². The number of rotatable bonds is 7. The minimum Gasteiger partial charge on any atom is -0.286 e. The molecule has 0 amide bonds. The fraction of sp³-hybridized carbons (Fsp3) is 1.00. The lowest BCUT2D eigenvalue weighted by Gasteiger charge is -1.98. The molecule has 0 aromatic heterocycles. The van der Waals surface area contributed by atoms with E-state index in [2.05, 4.69) is 0 Å². The molecule has 0 aliphatic carbocycles. The zero-order valence-electron chi connectivity index (χ0n) is 7.84. The van der Waals surface area contributed by atoms with Crippen LogP contribution in [0.2, 0.25) is 0 Å². The van der Waals surface area contributed by atoms with Crippen molar-refractivity contribution in [2.24, 2.45) is 0 Å². The van der Waals surface area contributed by atoms with Crippen LogP contribution in [0.3, 0.4) is 0 Å². The zero-order valence-corrected chi connectivity index (χ0v) is 10.3. The molecular weight excluding hydrogens is 248 g/mol. The van der Waals surface area contributed by atoms with Crippen LogP contribution < -0.4 is 0 Å². The third-order valence-electron chi connectivity index (χ3n) is 1.34. The Morgan fingerprint density at radius 3 is 2.07 bits per heavy atom. The van der Waals surface area contributed by atoms with Crippen LogP contribution in [0, 0.1) is 0 Å². The van der Waals surface area contributed by atoms with Gasteiger partial charge in [-0.15, -0.1) is 0 Å². The molecule has 0 fully saturated rings. The Kier molecular flexibility index (Phi) is 6.03. The second kappa shape index (κ2) is 5.94. The van der Waals surface area contributed by atoms with Gasteiger partial charge >= 0.3 is 0 Å². The molecule has 5 nitrogen and oxygen atoms in total. The summed E-state index contributed by atoms with van der Waals surface area (Å²) < 4.78 is 50.2. The lowest BCUT2D eigenvalue weighted by molar-refractivity contribution is 0.480. The topological polar surface area (TPSA) is 88.5 Å². The van der Waals surface area contributed by atoms with Gasteiger partial charge in [0, 0.05) is 12.0 Å². The van der Waals surface area contributed by atoms with Crippen LogP contribution >= 0.6 is 10.8 Å². The highest BCUT2D eigenvalue weighted by Crippen LogP contribution is 2.12. The largest absolute Gasteiger partial charge is 0.286 e. The van der Waals surface area contributed by atoms with Crippen molar-refractivity contribution in [1.82, 2.24) is 0 Å². The molecule has 0 aromatic rings. The first kappa shape index (κ1) is 14.2. The fourth-order valence-corrected chi connectivity index (χ4v) is 3.23. The molecule has 86 valence electrons. The third kappa shape index (κ3) is 12.2. The van der Waals surface area contributed by atoms with Gasteiger partial charge in [0.05, 0.1) is 5.75 Å². The molecule has 0 unspecified atom stereocenters. The van der Waals surface area contributed by atoms with Crippen molar-refractivity contribution in [1.29, 1.82) is 0 Å². The Morgan fingerprint density at radius 2 is 1.64 bits per heavy atom. The highest BCUT2D eigenvalue weighted by molar-refractivity contribution is 8.71. The van der Waals surface area contributed by atoms with Gasteiger partial charge in [-0.1, -0.05) is 6.42 Å².